The lowest BCUT2D eigenvalue weighted by atomic mass is 10.1. The quantitative estimate of drug-likeness (QED) is 0.839. The molecular formula is C15H14FN2O2. The van der Waals surface area contributed by atoms with Crippen molar-refractivity contribution < 1.29 is 13.9 Å². The van der Waals surface area contributed by atoms with Crippen molar-refractivity contribution >= 4 is 11.6 Å². The number of carbonyl (C=O) groups is 1. The van der Waals surface area contributed by atoms with E-state index in [1.807, 2.05) is 0 Å². The molecule has 1 amide bonds. The van der Waals surface area contributed by atoms with Gasteiger partial charge in [0, 0.05) is 17.8 Å². The average Bonchev–Trinajstić information content (AvgIpc) is 2.46. The minimum Gasteiger partial charge on any atom is -0.496 e. The Morgan fingerprint density at radius 2 is 2.25 bits per heavy atom. The lowest BCUT2D eigenvalue weighted by Crippen LogP contribution is -2.24. The summed E-state index contributed by atoms with van der Waals surface area (Å²) in [6.45, 7) is 0.213. The number of benzene rings is 2. The van der Waals surface area contributed by atoms with Gasteiger partial charge in [-0.1, -0.05) is 12.1 Å². The van der Waals surface area contributed by atoms with Crippen molar-refractivity contribution in [1.82, 2.24) is 5.32 Å². The molecule has 0 heterocycles. The number of amides is 1. The van der Waals surface area contributed by atoms with E-state index in [-0.39, 0.29) is 12.1 Å². The minimum absolute atomic E-state index is 0.141. The number of nitrogen functional groups attached to an aromatic ring is 1. The van der Waals surface area contributed by atoms with Crippen molar-refractivity contribution in [1.29, 1.82) is 0 Å². The van der Waals surface area contributed by atoms with Crippen LogP contribution in [0.2, 0.25) is 0 Å². The van der Waals surface area contributed by atoms with E-state index < -0.39 is 11.7 Å². The predicted octanol–water partition coefficient (Wildman–Crippen LogP) is 2.15. The molecule has 0 spiro atoms. The fraction of sp³-hybridized carbons (Fsp3) is 0.133. The molecular weight excluding hydrogens is 259 g/mol. The summed E-state index contributed by atoms with van der Waals surface area (Å²) < 4.78 is 18.2. The third-order valence-corrected chi connectivity index (χ3v) is 2.81. The molecule has 1 radical (unpaired) electrons. The highest BCUT2D eigenvalue weighted by Crippen LogP contribution is 2.19. The van der Waals surface area contributed by atoms with Gasteiger partial charge in [-0.05, 0) is 30.3 Å². The van der Waals surface area contributed by atoms with E-state index in [0.29, 0.717) is 17.0 Å². The van der Waals surface area contributed by atoms with Gasteiger partial charge in [-0.3, -0.25) is 4.79 Å². The predicted molar refractivity (Wildman–Crippen MR) is 73.8 cm³/mol. The van der Waals surface area contributed by atoms with Crippen LogP contribution in [0.3, 0.4) is 0 Å². The first kappa shape index (κ1) is 13.9. The number of anilines is 1. The summed E-state index contributed by atoms with van der Waals surface area (Å²) in [6, 6.07) is 11.9. The summed E-state index contributed by atoms with van der Waals surface area (Å²) in [4.78, 5) is 12.0. The molecule has 2 aromatic carbocycles. The first-order valence-electron chi connectivity index (χ1n) is 5.98. The van der Waals surface area contributed by atoms with Crippen molar-refractivity contribution in [3.63, 3.8) is 0 Å². The van der Waals surface area contributed by atoms with Crippen LogP contribution in [-0.2, 0) is 6.54 Å². The average molecular weight is 273 g/mol. The van der Waals surface area contributed by atoms with E-state index in [1.165, 1.54) is 19.2 Å². The largest absolute Gasteiger partial charge is 0.496 e. The second-order valence-electron chi connectivity index (χ2n) is 4.13. The monoisotopic (exact) mass is 273 g/mol. The molecule has 0 unspecified atom stereocenters. The Morgan fingerprint density at radius 3 is 2.95 bits per heavy atom. The molecule has 0 atom stereocenters. The second kappa shape index (κ2) is 6.06. The molecule has 0 saturated carbocycles. The highest BCUT2D eigenvalue weighted by molar-refractivity contribution is 5.96. The van der Waals surface area contributed by atoms with Gasteiger partial charge in [0.05, 0.1) is 12.7 Å². The van der Waals surface area contributed by atoms with Gasteiger partial charge in [-0.25, -0.2) is 4.39 Å². The van der Waals surface area contributed by atoms with Crippen LogP contribution in [-0.4, -0.2) is 13.0 Å². The topological polar surface area (TPSA) is 64.3 Å². The van der Waals surface area contributed by atoms with Crippen LogP contribution in [0.25, 0.3) is 0 Å². The van der Waals surface area contributed by atoms with Crippen molar-refractivity contribution in [3.8, 4) is 5.75 Å². The summed E-state index contributed by atoms with van der Waals surface area (Å²) in [7, 11) is 1.42. The van der Waals surface area contributed by atoms with Gasteiger partial charge < -0.3 is 15.8 Å². The molecule has 2 rings (SSSR count). The zero-order valence-electron chi connectivity index (χ0n) is 10.9. The van der Waals surface area contributed by atoms with E-state index in [2.05, 4.69) is 11.4 Å². The second-order valence-corrected chi connectivity index (χ2v) is 4.13. The first-order valence-corrected chi connectivity index (χ1v) is 5.98. The molecule has 0 aliphatic rings. The third-order valence-electron chi connectivity index (χ3n) is 2.81. The van der Waals surface area contributed by atoms with Crippen molar-refractivity contribution in [3.05, 3.63) is 59.4 Å². The van der Waals surface area contributed by atoms with Crippen molar-refractivity contribution in [2.75, 3.05) is 12.8 Å². The van der Waals surface area contributed by atoms with Crippen LogP contribution in [0.5, 0.6) is 5.75 Å². The van der Waals surface area contributed by atoms with E-state index in [0.717, 1.165) is 6.07 Å². The number of nitrogens with one attached hydrogen (secondary N) is 1. The molecule has 0 aliphatic heterocycles. The van der Waals surface area contributed by atoms with Crippen LogP contribution in [0.1, 0.15) is 15.9 Å². The van der Waals surface area contributed by atoms with Crippen molar-refractivity contribution in [2.45, 2.75) is 6.54 Å². The molecule has 2 aromatic rings. The summed E-state index contributed by atoms with van der Waals surface area (Å²) in [5.41, 5.74) is 7.12. The molecule has 0 fully saturated rings. The van der Waals surface area contributed by atoms with Gasteiger partial charge in [0.1, 0.15) is 11.6 Å². The maximum atomic E-state index is 13.2. The highest BCUT2D eigenvalue weighted by Gasteiger charge is 2.13. The maximum Gasteiger partial charge on any atom is 0.255 e. The maximum absolute atomic E-state index is 13.2. The molecule has 0 saturated heterocycles. The van der Waals surface area contributed by atoms with Crippen LogP contribution in [0.4, 0.5) is 10.1 Å². The smallest absolute Gasteiger partial charge is 0.255 e. The Bertz CT molecular complexity index is 629. The van der Waals surface area contributed by atoms with Crippen LogP contribution in [0, 0.1) is 11.9 Å². The standard InChI is InChI=1S/C15H14FN2O2/c1-20-14-7-6-11(16)8-12(14)15(19)18-9-10-4-2-3-5-13(10)17/h2-3,5-8H,9,17H2,1H3,(H,18,19). The van der Waals surface area contributed by atoms with Crippen LogP contribution in [0.15, 0.2) is 36.4 Å². The number of halogens is 1. The third kappa shape index (κ3) is 3.06. The van der Waals surface area contributed by atoms with E-state index in [9.17, 15) is 9.18 Å². The van der Waals surface area contributed by atoms with Crippen LogP contribution >= 0.6 is 0 Å². The molecule has 3 N–H and O–H groups in total. The SMILES string of the molecule is COc1ccc(F)cc1C(=O)NCc1[c]cccc1N. The minimum atomic E-state index is -0.498. The summed E-state index contributed by atoms with van der Waals surface area (Å²) in [5, 5.41) is 2.66. The zero-order chi connectivity index (χ0) is 14.5. The Morgan fingerprint density at radius 1 is 1.45 bits per heavy atom. The molecule has 4 nitrogen and oxygen atoms in total. The number of carbonyl (C=O) groups excluding carboxylic acids is 1. The number of hydrogen-bond acceptors (Lipinski definition) is 3. The van der Waals surface area contributed by atoms with Gasteiger partial charge in [0.25, 0.3) is 5.91 Å². The Hall–Kier alpha value is -2.56. The number of methoxy groups -OCH3 is 1. The Labute approximate surface area is 116 Å². The first-order chi connectivity index (χ1) is 9.61. The number of nitrogens with two attached hydrogens (primary N) is 1. The van der Waals surface area contributed by atoms with E-state index in [4.69, 9.17) is 10.5 Å². The fourth-order valence-corrected chi connectivity index (χ4v) is 1.76. The van der Waals surface area contributed by atoms with Gasteiger partial charge in [0.2, 0.25) is 0 Å². The van der Waals surface area contributed by atoms with E-state index in [1.54, 1.807) is 18.2 Å². The van der Waals surface area contributed by atoms with Crippen LogP contribution < -0.4 is 15.8 Å². The van der Waals surface area contributed by atoms with Gasteiger partial charge in [-0.2, -0.15) is 0 Å². The number of ether oxygens (including phenoxy) is 1. The molecule has 0 aromatic heterocycles. The van der Waals surface area contributed by atoms with E-state index >= 15 is 0 Å². The van der Waals surface area contributed by atoms with Gasteiger partial charge in [0.15, 0.2) is 0 Å². The highest BCUT2D eigenvalue weighted by atomic mass is 19.1. The summed E-state index contributed by atoms with van der Waals surface area (Å²) in [5.74, 6) is -0.617. The molecule has 0 aliphatic carbocycles. The van der Waals surface area contributed by atoms with Gasteiger partial charge >= 0.3 is 0 Å². The fourth-order valence-electron chi connectivity index (χ4n) is 1.76. The zero-order valence-corrected chi connectivity index (χ0v) is 10.9. The molecule has 5 heteroatoms. The number of rotatable bonds is 4. The summed E-state index contributed by atoms with van der Waals surface area (Å²) in [6.07, 6.45) is 0. The molecule has 103 valence electrons. The molecule has 0 bridgehead atoms. The lowest BCUT2D eigenvalue weighted by molar-refractivity contribution is 0.0947. The van der Waals surface area contributed by atoms with Gasteiger partial charge in [-0.15, -0.1) is 0 Å². The van der Waals surface area contributed by atoms with Crippen molar-refractivity contribution in [2.24, 2.45) is 0 Å². The molecule has 20 heavy (non-hydrogen) atoms. The Kier molecular flexibility index (Phi) is 4.20. The summed E-state index contributed by atoms with van der Waals surface area (Å²) >= 11 is 0. The lowest BCUT2D eigenvalue weighted by Gasteiger charge is -2.10. The Balaban J connectivity index is 2.13. The number of hydrogen-bond donors (Lipinski definition) is 2. The normalized spacial score (nSPS) is 10.1.